The number of imidazole rings is 1. The molecular formula is C24H26F5N7O3. The van der Waals surface area contributed by atoms with Crippen LogP contribution in [0.1, 0.15) is 78.4 Å². The lowest BCUT2D eigenvalue weighted by atomic mass is 9.81. The van der Waals surface area contributed by atoms with Gasteiger partial charge in [-0.2, -0.15) is 18.3 Å². The van der Waals surface area contributed by atoms with Gasteiger partial charge < -0.3 is 10.6 Å². The largest absolute Gasteiger partial charge is 0.395 e. The first kappa shape index (κ1) is 26.9. The highest BCUT2D eigenvalue weighted by Crippen LogP contribution is 2.59. The number of rotatable bonds is 8. The Morgan fingerprint density at radius 2 is 1.90 bits per heavy atom. The fraction of sp³-hybridized carbons (Fsp3) is 0.583. The molecule has 15 heteroatoms. The number of nitrogens with zero attached hydrogens (tertiary/aromatic N) is 5. The highest BCUT2D eigenvalue weighted by atomic mass is 19.4. The summed E-state index contributed by atoms with van der Waals surface area (Å²) >= 11 is 0. The Morgan fingerprint density at radius 1 is 1.18 bits per heavy atom. The fourth-order valence-corrected chi connectivity index (χ4v) is 4.94. The number of amides is 2. The van der Waals surface area contributed by atoms with Gasteiger partial charge >= 0.3 is 6.18 Å². The molecule has 3 aromatic rings. The number of aryl methyl sites for hydroxylation is 1. The van der Waals surface area contributed by atoms with Gasteiger partial charge in [-0.25, -0.2) is 22.9 Å². The van der Waals surface area contributed by atoms with E-state index < -0.39 is 41.8 Å². The van der Waals surface area contributed by atoms with Gasteiger partial charge in [0, 0.05) is 25.8 Å². The predicted octanol–water partition coefficient (Wildman–Crippen LogP) is 4.07. The first-order chi connectivity index (χ1) is 18.4. The zero-order valence-corrected chi connectivity index (χ0v) is 20.9. The molecule has 2 saturated carbocycles. The van der Waals surface area contributed by atoms with Crippen LogP contribution in [0.15, 0.2) is 23.1 Å². The number of aromatic nitrogens is 5. The van der Waals surface area contributed by atoms with Crippen LogP contribution >= 0.6 is 0 Å². The number of hydrogen-bond donors (Lipinski definition) is 2. The summed E-state index contributed by atoms with van der Waals surface area (Å²) in [5.41, 5.74) is -0.438. The van der Waals surface area contributed by atoms with Gasteiger partial charge in [0.1, 0.15) is 5.69 Å². The molecule has 2 N–H and O–H groups in total. The van der Waals surface area contributed by atoms with E-state index in [1.807, 2.05) is 0 Å². The van der Waals surface area contributed by atoms with Crippen molar-refractivity contribution in [2.75, 3.05) is 0 Å². The molecule has 0 unspecified atom stereocenters. The highest BCUT2D eigenvalue weighted by Gasteiger charge is 2.63. The van der Waals surface area contributed by atoms with Crippen LogP contribution in [-0.4, -0.2) is 48.8 Å². The molecule has 210 valence electrons. The minimum absolute atomic E-state index is 0.0282. The lowest BCUT2D eigenvalue weighted by molar-refractivity contribution is -0.190. The zero-order chi connectivity index (χ0) is 28.0. The number of halogens is 5. The van der Waals surface area contributed by atoms with E-state index >= 15 is 0 Å². The number of alkyl halides is 5. The maximum Gasteiger partial charge on any atom is 0.395 e. The zero-order valence-electron chi connectivity index (χ0n) is 20.9. The van der Waals surface area contributed by atoms with Crippen LogP contribution in [0, 0.1) is 18.3 Å². The van der Waals surface area contributed by atoms with Crippen LogP contribution in [0.2, 0.25) is 0 Å². The molecule has 39 heavy (non-hydrogen) atoms. The maximum atomic E-state index is 13.8. The average Bonchev–Trinajstić information content (AvgIpc) is 3.34. The van der Waals surface area contributed by atoms with Crippen molar-refractivity contribution in [3.8, 4) is 0 Å². The Hall–Kier alpha value is -3.65. The number of hydrogen-bond acceptors (Lipinski definition) is 7. The van der Waals surface area contributed by atoms with Crippen molar-refractivity contribution in [1.82, 2.24) is 35.5 Å². The molecule has 5 rings (SSSR count). The fourth-order valence-electron chi connectivity index (χ4n) is 4.94. The van der Waals surface area contributed by atoms with E-state index in [-0.39, 0.29) is 62.4 Å². The molecule has 10 nitrogen and oxygen atoms in total. The van der Waals surface area contributed by atoms with Crippen LogP contribution in [-0.2, 0) is 11.3 Å². The summed E-state index contributed by atoms with van der Waals surface area (Å²) in [6, 6.07) is 0.874. The van der Waals surface area contributed by atoms with E-state index in [4.69, 9.17) is 0 Å². The van der Waals surface area contributed by atoms with Crippen molar-refractivity contribution in [2.45, 2.75) is 76.6 Å². The molecule has 0 spiro atoms. The molecule has 0 saturated heterocycles. The van der Waals surface area contributed by atoms with Crippen LogP contribution in [0.25, 0.3) is 5.65 Å². The monoisotopic (exact) mass is 555 g/mol. The third-order valence-electron chi connectivity index (χ3n) is 7.54. The molecule has 0 bridgehead atoms. The molecule has 2 aliphatic carbocycles. The topological polar surface area (TPSA) is 127 Å². The van der Waals surface area contributed by atoms with Gasteiger partial charge in [0.2, 0.25) is 11.8 Å². The van der Waals surface area contributed by atoms with Gasteiger partial charge in [0.05, 0.1) is 29.5 Å². The van der Waals surface area contributed by atoms with Crippen molar-refractivity contribution in [3.05, 3.63) is 41.1 Å². The molecule has 3 heterocycles. The predicted molar refractivity (Wildman–Crippen MR) is 123 cm³/mol. The van der Waals surface area contributed by atoms with Crippen molar-refractivity contribution in [3.63, 3.8) is 0 Å². The molecule has 3 aromatic heterocycles. The second kappa shape index (κ2) is 9.83. The summed E-state index contributed by atoms with van der Waals surface area (Å²) in [6.07, 6.45) is -2.47. The van der Waals surface area contributed by atoms with Crippen LogP contribution < -0.4 is 10.6 Å². The van der Waals surface area contributed by atoms with Crippen LogP contribution in [0.5, 0.6) is 0 Å². The van der Waals surface area contributed by atoms with Gasteiger partial charge in [-0.15, -0.1) is 0 Å². The number of carbonyl (C=O) groups is 2. The average molecular weight is 556 g/mol. The summed E-state index contributed by atoms with van der Waals surface area (Å²) in [4.78, 5) is 29.6. The molecule has 2 fully saturated rings. The van der Waals surface area contributed by atoms with Crippen LogP contribution in [0.3, 0.4) is 0 Å². The Balaban J connectivity index is 1.32. The van der Waals surface area contributed by atoms with Crippen LogP contribution in [0.4, 0.5) is 22.0 Å². The summed E-state index contributed by atoms with van der Waals surface area (Å²) in [6.45, 7) is 1.50. The summed E-state index contributed by atoms with van der Waals surface area (Å²) in [5.74, 6) is -4.39. The van der Waals surface area contributed by atoms with Crippen molar-refractivity contribution < 1.29 is 36.2 Å². The van der Waals surface area contributed by atoms with E-state index in [9.17, 15) is 31.5 Å². The normalized spacial score (nSPS) is 19.5. The standard InChI is InChI=1S/C24H26F5N7O3/c1-13-19(35-39-34-13)21(38)33-20(15-2-4-23(25,26)5-3-15)16-12-36-17(32-16)8-14(11-31-36)10-30-18(37)9-22(6-7-22)24(27,28)29/h8,11-12,15,20H,2-7,9-10H2,1H3,(H,30,37)(H,33,38)/t20-/m0/s1. The molecule has 0 aromatic carbocycles. The number of fused-ring (bicyclic) bond motifs is 1. The van der Waals surface area contributed by atoms with Gasteiger partial charge in [0.15, 0.2) is 11.3 Å². The summed E-state index contributed by atoms with van der Waals surface area (Å²) in [7, 11) is 0. The van der Waals surface area contributed by atoms with E-state index in [0.717, 1.165) is 0 Å². The molecular weight excluding hydrogens is 529 g/mol. The molecule has 2 aliphatic rings. The van der Waals surface area contributed by atoms with Gasteiger partial charge in [-0.3, -0.25) is 9.59 Å². The van der Waals surface area contributed by atoms with Crippen molar-refractivity contribution >= 4 is 17.5 Å². The molecule has 0 radical (unpaired) electrons. The number of carbonyl (C=O) groups excluding carboxylic acids is 2. The van der Waals surface area contributed by atoms with E-state index in [2.05, 4.69) is 35.7 Å². The van der Waals surface area contributed by atoms with E-state index in [0.29, 0.717) is 16.9 Å². The maximum absolute atomic E-state index is 13.8. The van der Waals surface area contributed by atoms with Crippen molar-refractivity contribution in [2.24, 2.45) is 11.3 Å². The van der Waals surface area contributed by atoms with Gasteiger partial charge in [-0.05, 0) is 55.3 Å². The van der Waals surface area contributed by atoms with Crippen molar-refractivity contribution in [1.29, 1.82) is 0 Å². The number of nitrogens with one attached hydrogen (secondary N) is 2. The lowest BCUT2D eigenvalue weighted by Gasteiger charge is -2.33. The second-order valence-electron chi connectivity index (χ2n) is 10.4. The lowest BCUT2D eigenvalue weighted by Crippen LogP contribution is -2.37. The quantitative estimate of drug-likeness (QED) is 0.401. The Labute approximate surface area is 218 Å². The smallest absolute Gasteiger partial charge is 0.352 e. The third-order valence-corrected chi connectivity index (χ3v) is 7.54. The second-order valence-corrected chi connectivity index (χ2v) is 10.4. The highest BCUT2D eigenvalue weighted by molar-refractivity contribution is 5.93. The molecule has 0 aliphatic heterocycles. The summed E-state index contributed by atoms with van der Waals surface area (Å²) in [5, 5.41) is 16.8. The van der Waals surface area contributed by atoms with Gasteiger partial charge in [-0.1, -0.05) is 5.16 Å². The van der Waals surface area contributed by atoms with Gasteiger partial charge in [0.25, 0.3) is 5.91 Å². The third kappa shape index (κ3) is 5.71. The first-order valence-electron chi connectivity index (χ1n) is 12.5. The van der Waals surface area contributed by atoms with E-state index in [1.54, 1.807) is 19.2 Å². The minimum atomic E-state index is -4.42. The van der Waals surface area contributed by atoms with E-state index in [1.165, 1.54) is 10.7 Å². The summed E-state index contributed by atoms with van der Waals surface area (Å²) < 4.78 is 73.1. The molecule has 2 amide bonds. The first-order valence-corrected chi connectivity index (χ1v) is 12.5. The Morgan fingerprint density at radius 3 is 2.51 bits per heavy atom. The Bertz CT molecular complexity index is 1370. The SMILES string of the molecule is Cc1nonc1C(=O)N[C@H](c1cn2ncc(CNC(=O)CC3(C(F)(F)F)CC3)cc2n1)C1CCC(F)(F)CC1. The minimum Gasteiger partial charge on any atom is -0.352 e. The Kier molecular flexibility index (Phi) is 6.79. The molecule has 1 atom stereocenters.